The number of rotatable bonds is 2. The number of hydrogen-bond acceptors (Lipinski definition) is 5. The molecule has 0 saturated carbocycles. The minimum atomic E-state index is -0.115. The number of likely N-dealkylation sites (tertiary alicyclic amines) is 1. The Morgan fingerprint density at radius 2 is 2.25 bits per heavy atom. The molecule has 0 N–H and O–H groups in total. The lowest BCUT2D eigenvalue weighted by Gasteiger charge is -2.34. The van der Waals surface area contributed by atoms with Crippen molar-refractivity contribution in [3.8, 4) is 0 Å². The maximum atomic E-state index is 11.9. The summed E-state index contributed by atoms with van der Waals surface area (Å²) in [6.45, 7) is 2.05. The van der Waals surface area contributed by atoms with E-state index >= 15 is 0 Å². The molecule has 16 heavy (non-hydrogen) atoms. The van der Waals surface area contributed by atoms with Gasteiger partial charge in [-0.05, 0) is 38.1 Å². The number of piperidine rings is 1. The minimum absolute atomic E-state index is 0.115. The van der Waals surface area contributed by atoms with Crippen LogP contribution in [0, 0.1) is 0 Å². The Bertz CT molecular complexity index is 344. The number of amides is 1. The molecule has 0 radical (unpaired) electrons. The van der Waals surface area contributed by atoms with E-state index in [1.807, 2.05) is 7.05 Å². The van der Waals surface area contributed by atoms with Gasteiger partial charge in [-0.15, -0.1) is 0 Å². The van der Waals surface area contributed by atoms with E-state index in [9.17, 15) is 4.79 Å². The van der Waals surface area contributed by atoms with Crippen LogP contribution in [0.1, 0.15) is 23.3 Å². The molecule has 0 aliphatic carbocycles. The Balaban J connectivity index is 1.97. The van der Waals surface area contributed by atoms with Crippen molar-refractivity contribution in [1.82, 2.24) is 20.1 Å². The molecule has 2 heterocycles. The van der Waals surface area contributed by atoms with E-state index < -0.39 is 0 Å². The van der Waals surface area contributed by atoms with Crippen LogP contribution in [0.15, 0.2) is 10.8 Å². The van der Waals surface area contributed by atoms with Crippen molar-refractivity contribution in [3.05, 3.63) is 11.9 Å². The molecule has 0 bridgehead atoms. The van der Waals surface area contributed by atoms with Crippen molar-refractivity contribution in [2.75, 3.05) is 27.2 Å². The summed E-state index contributed by atoms with van der Waals surface area (Å²) in [6, 6.07) is 0.292. The van der Waals surface area contributed by atoms with Crippen molar-refractivity contribution >= 4 is 5.91 Å². The number of hydrogen-bond donors (Lipinski definition) is 0. The summed E-state index contributed by atoms with van der Waals surface area (Å²) >= 11 is 0. The van der Waals surface area contributed by atoms with Gasteiger partial charge in [-0.2, -0.15) is 0 Å². The second kappa shape index (κ2) is 4.61. The zero-order valence-corrected chi connectivity index (χ0v) is 9.59. The van der Waals surface area contributed by atoms with Crippen molar-refractivity contribution in [3.63, 3.8) is 0 Å². The third-order valence-corrected chi connectivity index (χ3v) is 3.14. The van der Waals surface area contributed by atoms with E-state index in [2.05, 4.69) is 26.9 Å². The highest BCUT2D eigenvalue weighted by Crippen LogP contribution is 2.15. The molecule has 0 atom stereocenters. The maximum absolute atomic E-state index is 11.9. The van der Waals surface area contributed by atoms with Crippen molar-refractivity contribution in [1.29, 1.82) is 0 Å². The molecule has 88 valence electrons. The summed E-state index contributed by atoms with van der Waals surface area (Å²) < 4.78 is 4.43. The molecule has 2 rings (SSSR count). The number of carbonyl (C=O) groups excluding carboxylic acids is 1. The smallest absolute Gasteiger partial charge is 0.277 e. The standard InChI is InChI=1S/C10H16N4O2/c1-13-5-3-8(4-6-13)14(2)10(15)9-7-11-16-12-9/h7-8H,3-6H2,1-2H3. The highest BCUT2D eigenvalue weighted by molar-refractivity contribution is 5.91. The lowest BCUT2D eigenvalue weighted by Crippen LogP contribution is -2.44. The van der Waals surface area contributed by atoms with Crippen molar-refractivity contribution < 1.29 is 9.42 Å². The van der Waals surface area contributed by atoms with Gasteiger partial charge in [-0.25, -0.2) is 4.63 Å². The van der Waals surface area contributed by atoms with Gasteiger partial charge in [-0.3, -0.25) is 4.79 Å². The van der Waals surface area contributed by atoms with E-state index in [-0.39, 0.29) is 11.6 Å². The second-order valence-corrected chi connectivity index (χ2v) is 4.24. The van der Waals surface area contributed by atoms with Gasteiger partial charge in [0.25, 0.3) is 5.91 Å². The van der Waals surface area contributed by atoms with Gasteiger partial charge in [-0.1, -0.05) is 5.16 Å². The first kappa shape index (κ1) is 11.1. The predicted molar refractivity (Wildman–Crippen MR) is 56.9 cm³/mol. The lowest BCUT2D eigenvalue weighted by molar-refractivity contribution is 0.0649. The van der Waals surface area contributed by atoms with E-state index in [0.717, 1.165) is 25.9 Å². The van der Waals surface area contributed by atoms with Crippen LogP contribution in [0.4, 0.5) is 0 Å². The molecule has 6 heteroatoms. The van der Waals surface area contributed by atoms with Crippen LogP contribution < -0.4 is 0 Å². The molecule has 1 aromatic heterocycles. The summed E-state index contributed by atoms with van der Waals surface area (Å²) in [7, 11) is 3.91. The quantitative estimate of drug-likeness (QED) is 0.720. The molecule has 0 unspecified atom stereocenters. The Morgan fingerprint density at radius 1 is 1.56 bits per heavy atom. The first-order chi connectivity index (χ1) is 7.68. The van der Waals surface area contributed by atoms with Crippen LogP contribution in [-0.2, 0) is 0 Å². The van der Waals surface area contributed by atoms with Crippen LogP contribution in [-0.4, -0.2) is 59.2 Å². The largest absolute Gasteiger partial charge is 0.337 e. The highest BCUT2D eigenvalue weighted by Gasteiger charge is 2.26. The fraction of sp³-hybridized carbons (Fsp3) is 0.700. The van der Waals surface area contributed by atoms with Gasteiger partial charge >= 0.3 is 0 Å². The summed E-state index contributed by atoms with van der Waals surface area (Å²) in [6.07, 6.45) is 3.36. The molecule has 1 saturated heterocycles. The van der Waals surface area contributed by atoms with E-state index in [1.165, 1.54) is 6.20 Å². The minimum Gasteiger partial charge on any atom is -0.337 e. The van der Waals surface area contributed by atoms with Gasteiger partial charge in [0.1, 0.15) is 6.20 Å². The SMILES string of the molecule is CN1CCC(N(C)C(=O)c2cnon2)CC1. The highest BCUT2D eigenvalue weighted by atomic mass is 16.6. The topological polar surface area (TPSA) is 62.5 Å². The van der Waals surface area contributed by atoms with Gasteiger partial charge in [0, 0.05) is 13.1 Å². The van der Waals surface area contributed by atoms with E-state index in [1.54, 1.807) is 4.90 Å². The number of aromatic nitrogens is 2. The summed E-state index contributed by atoms with van der Waals surface area (Å²) in [5.74, 6) is -0.115. The van der Waals surface area contributed by atoms with Crippen LogP contribution in [0.25, 0.3) is 0 Å². The Kier molecular flexibility index (Phi) is 3.19. The summed E-state index contributed by atoms with van der Waals surface area (Å²) in [5.41, 5.74) is 0.279. The van der Waals surface area contributed by atoms with Crippen molar-refractivity contribution in [2.45, 2.75) is 18.9 Å². The second-order valence-electron chi connectivity index (χ2n) is 4.24. The van der Waals surface area contributed by atoms with Crippen molar-refractivity contribution in [2.24, 2.45) is 0 Å². The normalized spacial score (nSPS) is 18.6. The molecule has 1 aliphatic heterocycles. The van der Waals surface area contributed by atoms with Gasteiger partial charge in [0.05, 0.1) is 0 Å². The predicted octanol–water partition coefficient (Wildman–Crippen LogP) is 0.236. The first-order valence-electron chi connectivity index (χ1n) is 5.41. The van der Waals surface area contributed by atoms with Gasteiger partial charge in [0.15, 0.2) is 5.69 Å². The van der Waals surface area contributed by atoms with Gasteiger partial charge < -0.3 is 9.80 Å². The maximum Gasteiger partial charge on any atom is 0.277 e. The molecular weight excluding hydrogens is 208 g/mol. The molecule has 0 aromatic carbocycles. The molecule has 6 nitrogen and oxygen atoms in total. The van der Waals surface area contributed by atoms with E-state index in [4.69, 9.17) is 0 Å². The third kappa shape index (κ3) is 2.21. The average molecular weight is 224 g/mol. The number of nitrogens with zero attached hydrogens (tertiary/aromatic N) is 4. The average Bonchev–Trinajstić information content (AvgIpc) is 2.81. The van der Waals surface area contributed by atoms with Crippen LogP contribution >= 0.6 is 0 Å². The first-order valence-corrected chi connectivity index (χ1v) is 5.41. The summed E-state index contributed by atoms with van der Waals surface area (Å²) in [5, 5.41) is 7.00. The van der Waals surface area contributed by atoms with Gasteiger partial charge in [0.2, 0.25) is 0 Å². The molecular formula is C10H16N4O2. The molecule has 1 aliphatic rings. The molecule has 1 amide bonds. The van der Waals surface area contributed by atoms with E-state index in [0.29, 0.717) is 6.04 Å². The molecule has 1 aromatic rings. The lowest BCUT2D eigenvalue weighted by atomic mass is 10.0. The summed E-state index contributed by atoms with van der Waals surface area (Å²) in [4.78, 5) is 15.9. The Morgan fingerprint density at radius 3 is 2.81 bits per heavy atom. The zero-order valence-electron chi connectivity index (χ0n) is 9.59. The van der Waals surface area contributed by atoms with Crippen LogP contribution in [0.2, 0.25) is 0 Å². The fourth-order valence-corrected chi connectivity index (χ4v) is 1.99. The van der Waals surface area contributed by atoms with Crippen LogP contribution in [0.3, 0.4) is 0 Å². The molecule has 0 spiro atoms. The zero-order chi connectivity index (χ0) is 11.5. The Labute approximate surface area is 94.2 Å². The number of carbonyl (C=O) groups is 1. The fourth-order valence-electron chi connectivity index (χ4n) is 1.99. The molecule has 1 fully saturated rings. The monoisotopic (exact) mass is 224 g/mol. The van der Waals surface area contributed by atoms with Crippen LogP contribution in [0.5, 0.6) is 0 Å². The Hall–Kier alpha value is -1.43. The third-order valence-electron chi connectivity index (χ3n) is 3.14.